The molecule has 5 heteroatoms. The summed E-state index contributed by atoms with van der Waals surface area (Å²) in [4.78, 5) is 19.3. The smallest absolute Gasteiger partial charge is 0.251 e. The van der Waals surface area contributed by atoms with E-state index < -0.39 is 0 Å². The first-order valence-corrected chi connectivity index (χ1v) is 3.87. The van der Waals surface area contributed by atoms with Crippen molar-refractivity contribution in [3.8, 4) is 0 Å². The maximum atomic E-state index is 11.2. The summed E-state index contributed by atoms with van der Waals surface area (Å²) in [5.74, 6) is 0.413. The lowest BCUT2D eigenvalue weighted by Gasteiger charge is -1.94. The summed E-state index contributed by atoms with van der Waals surface area (Å²) in [6.45, 7) is 3.26. The number of carbonyl (C=O) groups excluding carboxylic acids is 1. The number of ketones is 1. The molecule has 13 heavy (non-hydrogen) atoms. The van der Waals surface area contributed by atoms with E-state index in [1.165, 1.54) is 17.6 Å². The molecule has 0 aliphatic carbocycles. The van der Waals surface area contributed by atoms with Crippen molar-refractivity contribution in [2.45, 2.75) is 13.8 Å². The van der Waals surface area contributed by atoms with Crippen molar-refractivity contribution < 1.29 is 4.79 Å². The van der Waals surface area contributed by atoms with Gasteiger partial charge in [0.25, 0.3) is 5.78 Å². The first kappa shape index (κ1) is 7.85. The molecule has 2 aromatic rings. The first-order valence-electron chi connectivity index (χ1n) is 3.87. The summed E-state index contributed by atoms with van der Waals surface area (Å²) in [7, 11) is 0. The Morgan fingerprint density at radius 3 is 2.92 bits per heavy atom. The Morgan fingerprint density at radius 1 is 1.46 bits per heavy atom. The standard InChI is InChI=1S/C8H8N4O/c1-5-7(6(2)13)12-8(11-5)9-3-4-10-12/h3-4H,1-2H3. The van der Waals surface area contributed by atoms with Crippen molar-refractivity contribution in [2.24, 2.45) is 0 Å². The predicted molar refractivity (Wildman–Crippen MR) is 45.5 cm³/mol. The van der Waals surface area contributed by atoms with Gasteiger partial charge < -0.3 is 0 Å². The molecule has 0 aliphatic heterocycles. The molecule has 0 fully saturated rings. The molecule has 0 saturated heterocycles. The number of fused-ring (bicyclic) bond motifs is 1. The van der Waals surface area contributed by atoms with Gasteiger partial charge in [0.1, 0.15) is 5.69 Å². The minimum atomic E-state index is -0.0505. The van der Waals surface area contributed by atoms with E-state index in [-0.39, 0.29) is 5.78 Å². The minimum absolute atomic E-state index is 0.0505. The van der Waals surface area contributed by atoms with Crippen LogP contribution in [0.4, 0.5) is 0 Å². The Bertz CT molecular complexity index is 474. The summed E-state index contributed by atoms with van der Waals surface area (Å²) in [5.41, 5.74) is 1.17. The summed E-state index contributed by atoms with van der Waals surface area (Å²) in [6, 6.07) is 0. The summed E-state index contributed by atoms with van der Waals surface area (Å²) in [6.07, 6.45) is 3.08. The van der Waals surface area contributed by atoms with Crippen molar-refractivity contribution in [3.63, 3.8) is 0 Å². The van der Waals surface area contributed by atoms with Crippen molar-refractivity contribution in [1.29, 1.82) is 0 Å². The van der Waals surface area contributed by atoms with Crippen molar-refractivity contribution in [1.82, 2.24) is 19.6 Å². The molecule has 2 rings (SSSR count). The summed E-state index contributed by atoms with van der Waals surface area (Å²) >= 11 is 0. The van der Waals surface area contributed by atoms with Crippen LogP contribution in [0, 0.1) is 6.92 Å². The van der Waals surface area contributed by atoms with E-state index in [2.05, 4.69) is 15.1 Å². The lowest BCUT2D eigenvalue weighted by Crippen LogP contribution is -2.03. The number of aromatic nitrogens is 4. The Morgan fingerprint density at radius 2 is 2.23 bits per heavy atom. The largest absolute Gasteiger partial charge is 0.293 e. The molecule has 0 saturated carbocycles. The second kappa shape index (κ2) is 2.62. The van der Waals surface area contributed by atoms with Gasteiger partial charge in [0, 0.05) is 6.92 Å². The van der Waals surface area contributed by atoms with Crippen LogP contribution in [0.1, 0.15) is 23.1 Å². The molecule has 66 valence electrons. The zero-order valence-electron chi connectivity index (χ0n) is 7.35. The van der Waals surface area contributed by atoms with Crippen molar-refractivity contribution in [2.75, 3.05) is 0 Å². The van der Waals surface area contributed by atoms with Crippen LogP contribution < -0.4 is 0 Å². The number of carbonyl (C=O) groups is 1. The van der Waals surface area contributed by atoms with E-state index in [0.29, 0.717) is 17.2 Å². The van der Waals surface area contributed by atoms with Crippen molar-refractivity contribution >= 4 is 11.6 Å². The molecule has 0 amide bonds. The van der Waals surface area contributed by atoms with Gasteiger partial charge in [0.15, 0.2) is 5.78 Å². The van der Waals surface area contributed by atoms with E-state index >= 15 is 0 Å². The molecule has 0 spiro atoms. The molecule has 0 aromatic carbocycles. The molecule has 0 aliphatic rings. The number of rotatable bonds is 1. The zero-order valence-corrected chi connectivity index (χ0v) is 7.35. The Kier molecular flexibility index (Phi) is 1.58. The zero-order chi connectivity index (χ0) is 9.42. The molecule has 0 bridgehead atoms. The number of imidazole rings is 1. The highest BCUT2D eigenvalue weighted by atomic mass is 16.1. The third kappa shape index (κ3) is 1.09. The topological polar surface area (TPSA) is 60.2 Å². The van der Waals surface area contributed by atoms with Gasteiger partial charge >= 0.3 is 0 Å². The number of hydrogen-bond donors (Lipinski definition) is 0. The minimum Gasteiger partial charge on any atom is -0.293 e. The maximum absolute atomic E-state index is 11.2. The van der Waals surface area contributed by atoms with Crippen LogP contribution in [0.25, 0.3) is 5.78 Å². The van der Waals surface area contributed by atoms with Crippen LogP contribution in [0.15, 0.2) is 12.4 Å². The van der Waals surface area contributed by atoms with Crippen LogP contribution in [0.2, 0.25) is 0 Å². The monoisotopic (exact) mass is 176 g/mol. The van der Waals surface area contributed by atoms with E-state index in [1.54, 1.807) is 13.1 Å². The van der Waals surface area contributed by atoms with Gasteiger partial charge in [-0.15, -0.1) is 0 Å². The van der Waals surface area contributed by atoms with Crippen LogP contribution in [0.5, 0.6) is 0 Å². The van der Waals surface area contributed by atoms with Crippen LogP contribution in [0.3, 0.4) is 0 Å². The second-order valence-electron chi connectivity index (χ2n) is 2.76. The van der Waals surface area contributed by atoms with E-state index in [0.717, 1.165) is 0 Å². The third-order valence-electron chi connectivity index (χ3n) is 1.78. The highest BCUT2D eigenvalue weighted by molar-refractivity contribution is 5.94. The van der Waals surface area contributed by atoms with E-state index in [4.69, 9.17) is 0 Å². The SMILES string of the molecule is CC(=O)c1c(C)nc2nccnn12. The fourth-order valence-corrected chi connectivity index (χ4v) is 1.30. The molecule has 0 unspecified atom stereocenters. The lowest BCUT2D eigenvalue weighted by atomic mass is 10.3. The molecule has 2 heterocycles. The Balaban J connectivity index is 2.86. The molecule has 5 nitrogen and oxygen atoms in total. The van der Waals surface area contributed by atoms with Gasteiger partial charge in [-0.25, -0.2) is 9.97 Å². The molecular formula is C8H8N4O. The Hall–Kier alpha value is -1.78. The molecular weight excluding hydrogens is 168 g/mol. The molecule has 0 radical (unpaired) electrons. The van der Waals surface area contributed by atoms with Crippen LogP contribution >= 0.6 is 0 Å². The molecule has 2 aromatic heterocycles. The highest BCUT2D eigenvalue weighted by Crippen LogP contribution is 2.08. The highest BCUT2D eigenvalue weighted by Gasteiger charge is 2.13. The van der Waals surface area contributed by atoms with Gasteiger partial charge in [-0.2, -0.15) is 9.61 Å². The van der Waals surface area contributed by atoms with Gasteiger partial charge in [0.2, 0.25) is 0 Å². The number of hydrogen-bond acceptors (Lipinski definition) is 4. The average molecular weight is 176 g/mol. The number of aryl methyl sites for hydroxylation is 1. The predicted octanol–water partition coefficient (Wildman–Crippen LogP) is 0.635. The molecule has 0 atom stereocenters. The third-order valence-corrected chi connectivity index (χ3v) is 1.78. The second-order valence-corrected chi connectivity index (χ2v) is 2.76. The van der Waals surface area contributed by atoms with Gasteiger partial charge in [0.05, 0.1) is 18.1 Å². The van der Waals surface area contributed by atoms with Crippen molar-refractivity contribution in [3.05, 3.63) is 23.8 Å². The Labute approximate surface area is 74.4 Å². The average Bonchev–Trinajstić information content (AvgIpc) is 2.39. The molecule has 0 N–H and O–H groups in total. The first-order chi connectivity index (χ1) is 6.20. The number of Topliss-reactive ketones (excluding diaryl/α,β-unsaturated/α-hetero) is 1. The van der Waals surface area contributed by atoms with E-state index in [1.807, 2.05) is 0 Å². The van der Waals surface area contributed by atoms with Crippen LogP contribution in [-0.4, -0.2) is 25.4 Å². The summed E-state index contributed by atoms with van der Waals surface area (Å²) in [5, 5.41) is 3.99. The van der Waals surface area contributed by atoms with Gasteiger partial charge in [-0.05, 0) is 6.92 Å². The fourth-order valence-electron chi connectivity index (χ4n) is 1.30. The number of nitrogens with zero attached hydrogens (tertiary/aromatic N) is 4. The maximum Gasteiger partial charge on any atom is 0.251 e. The quantitative estimate of drug-likeness (QED) is 0.598. The van der Waals surface area contributed by atoms with Crippen LogP contribution in [-0.2, 0) is 0 Å². The lowest BCUT2D eigenvalue weighted by molar-refractivity contribution is 0.101. The summed E-state index contributed by atoms with van der Waals surface area (Å²) < 4.78 is 1.46. The normalized spacial score (nSPS) is 10.6. The van der Waals surface area contributed by atoms with Gasteiger partial charge in [-0.3, -0.25) is 4.79 Å². The van der Waals surface area contributed by atoms with Gasteiger partial charge in [-0.1, -0.05) is 0 Å². The fraction of sp³-hybridized carbons (Fsp3) is 0.250. The van der Waals surface area contributed by atoms with E-state index in [9.17, 15) is 4.79 Å².